The largest absolute Gasteiger partial charge is 0.444 e. The zero-order valence-corrected chi connectivity index (χ0v) is 15.3. The molecule has 25 heavy (non-hydrogen) atoms. The molecule has 0 spiro atoms. The van der Waals surface area contributed by atoms with Gasteiger partial charge in [-0.1, -0.05) is 11.6 Å². The Morgan fingerprint density at radius 2 is 1.96 bits per heavy atom. The third-order valence-electron chi connectivity index (χ3n) is 3.70. The van der Waals surface area contributed by atoms with Gasteiger partial charge in [-0.3, -0.25) is 0 Å². The molecule has 140 valence electrons. The lowest BCUT2D eigenvalue weighted by Crippen LogP contribution is -2.54. The molecule has 0 aromatic carbocycles. The standard InChI is InChI=1S/C16H21ClF3N3O2/c1-10-9-22(14(24)25-15(2,3)4)5-6-23(10)13-12(17)7-11(8-21-13)16(18,19)20/h7-8,10H,5-6,9H2,1-4H3/t10-/m1/s1. The Balaban J connectivity index is 2.10. The van der Waals surface area contributed by atoms with Crippen LogP contribution in [-0.2, 0) is 10.9 Å². The number of aromatic nitrogens is 1. The lowest BCUT2D eigenvalue weighted by atomic mass is 10.1. The van der Waals surface area contributed by atoms with Crippen molar-refractivity contribution in [2.24, 2.45) is 0 Å². The molecule has 1 aromatic heterocycles. The van der Waals surface area contributed by atoms with Crippen LogP contribution in [0.2, 0.25) is 5.02 Å². The molecule has 2 heterocycles. The van der Waals surface area contributed by atoms with E-state index in [2.05, 4.69) is 4.98 Å². The normalized spacial score (nSPS) is 19.1. The molecule has 0 aliphatic carbocycles. The second-order valence-electron chi connectivity index (χ2n) is 7.00. The molecule has 1 atom stereocenters. The van der Waals surface area contributed by atoms with Crippen molar-refractivity contribution in [3.8, 4) is 0 Å². The maximum Gasteiger partial charge on any atom is 0.417 e. The summed E-state index contributed by atoms with van der Waals surface area (Å²) in [7, 11) is 0. The van der Waals surface area contributed by atoms with Gasteiger partial charge in [-0.05, 0) is 33.8 Å². The van der Waals surface area contributed by atoms with Gasteiger partial charge in [-0.15, -0.1) is 0 Å². The third-order valence-corrected chi connectivity index (χ3v) is 3.98. The highest BCUT2D eigenvalue weighted by Crippen LogP contribution is 2.34. The van der Waals surface area contributed by atoms with Crippen LogP contribution in [0.25, 0.3) is 0 Å². The molecule has 0 unspecified atom stereocenters. The second-order valence-corrected chi connectivity index (χ2v) is 7.40. The van der Waals surface area contributed by atoms with Crippen molar-refractivity contribution >= 4 is 23.5 Å². The second kappa shape index (κ2) is 6.90. The summed E-state index contributed by atoms with van der Waals surface area (Å²) in [6.45, 7) is 8.36. The number of amides is 1. The van der Waals surface area contributed by atoms with E-state index in [0.29, 0.717) is 19.6 Å². The lowest BCUT2D eigenvalue weighted by Gasteiger charge is -2.41. The molecule has 9 heteroatoms. The highest BCUT2D eigenvalue weighted by atomic mass is 35.5. The van der Waals surface area contributed by atoms with Crippen LogP contribution >= 0.6 is 11.6 Å². The van der Waals surface area contributed by atoms with Crippen molar-refractivity contribution in [2.45, 2.75) is 45.5 Å². The molecule has 1 aliphatic rings. The van der Waals surface area contributed by atoms with Crippen LogP contribution in [0.3, 0.4) is 0 Å². The molecule has 1 amide bonds. The molecule has 0 saturated carbocycles. The Labute approximate surface area is 149 Å². The number of rotatable bonds is 1. The Hall–Kier alpha value is -1.70. The lowest BCUT2D eigenvalue weighted by molar-refractivity contribution is -0.137. The van der Waals surface area contributed by atoms with Crippen LogP contribution in [0.15, 0.2) is 12.3 Å². The number of carbonyl (C=O) groups excluding carboxylic acids is 1. The Morgan fingerprint density at radius 3 is 2.44 bits per heavy atom. The van der Waals surface area contributed by atoms with E-state index in [9.17, 15) is 18.0 Å². The summed E-state index contributed by atoms with van der Waals surface area (Å²) < 4.78 is 43.5. The average Bonchev–Trinajstić information content (AvgIpc) is 2.44. The molecule has 0 bridgehead atoms. The summed E-state index contributed by atoms with van der Waals surface area (Å²) in [5, 5.41) is -0.0626. The van der Waals surface area contributed by atoms with Crippen molar-refractivity contribution in [3.05, 3.63) is 22.8 Å². The van der Waals surface area contributed by atoms with E-state index in [0.717, 1.165) is 12.3 Å². The van der Waals surface area contributed by atoms with Gasteiger partial charge in [0.1, 0.15) is 11.4 Å². The van der Waals surface area contributed by atoms with Gasteiger partial charge in [0.2, 0.25) is 0 Å². The Kier molecular flexibility index (Phi) is 5.41. The van der Waals surface area contributed by atoms with Gasteiger partial charge in [0, 0.05) is 31.9 Å². The predicted molar refractivity (Wildman–Crippen MR) is 88.9 cm³/mol. The molecular formula is C16H21ClF3N3O2. The summed E-state index contributed by atoms with van der Waals surface area (Å²) in [6, 6.07) is 0.708. The van der Waals surface area contributed by atoms with Gasteiger partial charge >= 0.3 is 12.3 Å². The van der Waals surface area contributed by atoms with E-state index in [-0.39, 0.29) is 16.9 Å². The van der Waals surface area contributed by atoms with Crippen molar-refractivity contribution < 1.29 is 22.7 Å². The Bertz CT molecular complexity index is 646. The van der Waals surface area contributed by atoms with Crippen molar-refractivity contribution in [1.29, 1.82) is 0 Å². The first-order valence-corrected chi connectivity index (χ1v) is 8.23. The average molecular weight is 380 g/mol. The fraction of sp³-hybridized carbons (Fsp3) is 0.625. The van der Waals surface area contributed by atoms with E-state index in [1.807, 2.05) is 6.92 Å². The monoisotopic (exact) mass is 379 g/mol. The van der Waals surface area contributed by atoms with Crippen LogP contribution < -0.4 is 4.90 Å². The summed E-state index contributed by atoms with van der Waals surface area (Å²) >= 11 is 6.01. The predicted octanol–water partition coefficient (Wildman–Crippen LogP) is 4.20. The number of piperazine rings is 1. The molecule has 1 aliphatic heterocycles. The van der Waals surface area contributed by atoms with E-state index in [1.54, 1.807) is 30.6 Å². The molecule has 0 N–H and O–H groups in total. The highest BCUT2D eigenvalue weighted by Gasteiger charge is 2.34. The first-order valence-electron chi connectivity index (χ1n) is 7.86. The number of anilines is 1. The topological polar surface area (TPSA) is 45.7 Å². The summed E-state index contributed by atoms with van der Waals surface area (Å²) in [5.41, 5.74) is -1.48. The van der Waals surface area contributed by atoms with Gasteiger partial charge in [-0.25, -0.2) is 9.78 Å². The van der Waals surface area contributed by atoms with Gasteiger partial charge in [-0.2, -0.15) is 13.2 Å². The van der Waals surface area contributed by atoms with Gasteiger partial charge in [0.05, 0.1) is 10.6 Å². The number of alkyl halides is 3. The van der Waals surface area contributed by atoms with Crippen LogP contribution in [-0.4, -0.2) is 47.3 Å². The molecule has 1 aromatic rings. The summed E-state index contributed by atoms with van der Waals surface area (Å²) in [4.78, 5) is 19.4. The summed E-state index contributed by atoms with van der Waals surface area (Å²) in [5.74, 6) is 0.283. The minimum Gasteiger partial charge on any atom is -0.444 e. The zero-order valence-electron chi connectivity index (χ0n) is 14.5. The van der Waals surface area contributed by atoms with Crippen molar-refractivity contribution in [1.82, 2.24) is 9.88 Å². The van der Waals surface area contributed by atoms with E-state index >= 15 is 0 Å². The quantitative estimate of drug-likeness (QED) is 0.733. The summed E-state index contributed by atoms with van der Waals surface area (Å²) in [6.07, 6.45) is -4.13. The molecule has 1 saturated heterocycles. The molecular weight excluding hydrogens is 359 g/mol. The fourth-order valence-corrected chi connectivity index (χ4v) is 2.84. The number of hydrogen-bond acceptors (Lipinski definition) is 4. The first-order chi connectivity index (χ1) is 11.4. The molecule has 5 nitrogen and oxygen atoms in total. The number of hydrogen-bond donors (Lipinski definition) is 0. The number of halogens is 4. The molecule has 1 fully saturated rings. The van der Waals surface area contributed by atoms with E-state index in [1.165, 1.54) is 0 Å². The smallest absolute Gasteiger partial charge is 0.417 e. The fourth-order valence-electron chi connectivity index (χ4n) is 2.56. The maximum atomic E-state index is 12.7. The Morgan fingerprint density at radius 1 is 1.32 bits per heavy atom. The van der Waals surface area contributed by atoms with Crippen LogP contribution in [0.1, 0.15) is 33.3 Å². The first kappa shape index (κ1) is 19.6. The van der Waals surface area contributed by atoms with Gasteiger partial charge < -0.3 is 14.5 Å². The number of pyridine rings is 1. The minimum atomic E-state index is -4.49. The van der Waals surface area contributed by atoms with Crippen LogP contribution in [0.5, 0.6) is 0 Å². The zero-order chi connectivity index (χ0) is 19.0. The van der Waals surface area contributed by atoms with Crippen molar-refractivity contribution in [2.75, 3.05) is 24.5 Å². The maximum absolute atomic E-state index is 12.7. The van der Waals surface area contributed by atoms with Gasteiger partial charge in [0.15, 0.2) is 0 Å². The highest BCUT2D eigenvalue weighted by molar-refractivity contribution is 6.33. The minimum absolute atomic E-state index is 0.0626. The van der Waals surface area contributed by atoms with Gasteiger partial charge in [0.25, 0.3) is 0 Å². The third kappa shape index (κ3) is 4.90. The number of nitrogens with zero attached hydrogens (tertiary/aromatic N) is 3. The SMILES string of the molecule is C[C@@H]1CN(C(=O)OC(C)(C)C)CCN1c1ncc(C(F)(F)F)cc1Cl. The number of carbonyl (C=O) groups is 1. The molecule has 2 rings (SSSR count). The van der Waals surface area contributed by atoms with Crippen LogP contribution in [0.4, 0.5) is 23.8 Å². The van der Waals surface area contributed by atoms with Crippen molar-refractivity contribution in [3.63, 3.8) is 0 Å². The van der Waals surface area contributed by atoms with E-state index in [4.69, 9.17) is 16.3 Å². The van der Waals surface area contributed by atoms with Crippen LogP contribution in [0, 0.1) is 0 Å². The van der Waals surface area contributed by atoms with E-state index < -0.39 is 23.4 Å². The molecule has 0 radical (unpaired) electrons. The number of ether oxygens (including phenoxy) is 1.